The topological polar surface area (TPSA) is 82.3 Å². The first kappa shape index (κ1) is 36.6. The third-order valence-corrected chi connectivity index (χ3v) is 12.2. The Bertz CT molecular complexity index is 2220. The summed E-state index contributed by atoms with van der Waals surface area (Å²) in [7, 11) is 0. The van der Waals surface area contributed by atoms with Gasteiger partial charge < -0.3 is 4.57 Å². The molecule has 0 radical (unpaired) electrons. The first-order valence-electron chi connectivity index (χ1n) is 18.7. The van der Waals surface area contributed by atoms with Gasteiger partial charge in [0.15, 0.2) is 0 Å². The van der Waals surface area contributed by atoms with Gasteiger partial charge in [-0.05, 0) is 72.4 Å². The van der Waals surface area contributed by atoms with Gasteiger partial charge in [-0.3, -0.25) is 14.5 Å². The van der Waals surface area contributed by atoms with Crippen LogP contribution in [0.5, 0.6) is 0 Å². The van der Waals surface area contributed by atoms with Gasteiger partial charge in [-0.25, -0.2) is 9.59 Å². The molecule has 1 aliphatic heterocycles. The standard InChI is InChI=1S/C43H52N3O4S/c1-8-9-10-15-24-45-38(47)30-17-19-32-36-33(20-18-31(35(30)36)39(45)48)41(50)46(40(32)49)29-21-25-44(26-22-29)23-14-12-11-13-16-28-27-34(42(2,3)4)51-37(28)43(5,6)7/h17-22,25-27H,8-16,23-24H2,1-7H3/q+1. The molecule has 5 aromatic rings. The van der Waals surface area contributed by atoms with Gasteiger partial charge in [-0.2, -0.15) is 0 Å². The van der Waals surface area contributed by atoms with Crippen molar-refractivity contribution in [1.82, 2.24) is 9.47 Å². The van der Waals surface area contributed by atoms with Gasteiger partial charge in [-0.15, -0.1) is 11.3 Å². The molecule has 2 aromatic carbocycles. The fraction of sp³-hybridized carbons (Fsp3) is 0.465. The van der Waals surface area contributed by atoms with E-state index in [0.717, 1.165) is 51.5 Å². The molecule has 0 aliphatic carbocycles. The lowest BCUT2D eigenvalue weighted by Gasteiger charge is -2.27. The number of nitrogens with zero attached hydrogens (tertiary/aromatic N) is 3. The molecule has 8 heteroatoms. The molecule has 6 rings (SSSR count). The number of rotatable bonds is 12. The van der Waals surface area contributed by atoms with E-state index < -0.39 is 11.1 Å². The second kappa shape index (κ2) is 14.5. The average Bonchev–Trinajstić information content (AvgIpc) is 3.54. The summed E-state index contributed by atoms with van der Waals surface area (Å²) >= 11 is 1.98. The van der Waals surface area contributed by atoms with Crippen molar-refractivity contribution in [2.45, 2.75) is 124 Å². The number of pyridine rings is 2. The van der Waals surface area contributed by atoms with Crippen molar-refractivity contribution in [3.8, 4) is 0 Å². The number of carbonyl (C=O) groups excluding carboxylic acids is 2. The van der Waals surface area contributed by atoms with Crippen molar-refractivity contribution in [3.05, 3.63) is 107 Å². The van der Waals surface area contributed by atoms with E-state index in [1.807, 2.05) is 35.9 Å². The molecule has 3 aromatic heterocycles. The average molecular weight is 707 g/mol. The zero-order valence-corrected chi connectivity index (χ0v) is 32.2. The van der Waals surface area contributed by atoms with Crippen LogP contribution in [0.1, 0.15) is 136 Å². The quantitative estimate of drug-likeness (QED) is 0.0739. The van der Waals surface area contributed by atoms with Crippen molar-refractivity contribution in [3.63, 3.8) is 0 Å². The third-order valence-electron chi connectivity index (χ3n) is 10.2. The normalized spacial score (nSPS) is 13.7. The van der Waals surface area contributed by atoms with Crippen LogP contribution in [0.25, 0.3) is 21.5 Å². The van der Waals surface area contributed by atoms with Crippen LogP contribution in [-0.2, 0) is 23.8 Å². The number of benzene rings is 2. The van der Waals surface area contributed by atoms with Crippen LogP contribution in [0.4, 0.5) is 0 Å². The number of imide groups is 1. The minimum absolute atomic E-state index is 0.156. The maximum atomic E-state index is 13.9. The molecule has 4 heterocycles. The predicted octanol–water partition coefficient (Wildman–Crippen LogP) is 8.68. The summed E-state index contributed by atoms with van der Waals surface area (Å²) in [6.07, 6.45) is 13.3. The number of amides is 2. The molecule has 0 saturated carbocycles. The van der Waals surface area contributed by atoms with Crippen molar-refractivity contribution in [2.24, 2.45) is 0 Å². The maximum absolute atomic E-state index is 13.9. The van der Waals surface area contributed by atoms with E-state index in [0.29, 0.717) is 44.6 Å². The Kier molecular flexibility index (Phi) is 10.4. The summed E-state index contributed by atoms with van der Waals surface area (Å²) in [5, 5.41) is 1.96. The van der Waals surface area contributed by atoms with Crippen LogP contribution >= 0.6 is 11.3 Å². The molecular formula is C43H52N3O4S+. The van der Waals surface area contributed by atoms with E-state index in [1.54, 1.807) is 24.3 Å². The zero-order chi connectivity index (χ0) is 36.7. The summed E-state index contributed by atoms with van der Waals surface area (Å²) in [5.74, 6) is -0.732. The van der Waals surface area contributed by atoms with Gasteiger partial charge in [0.05, 0.1) is 0 Å². The lowest BCUT2D eigenvalue weighted by atomic mass is 9.88. The molecule has 0 saturated heterocycles. The molecule has 0 unspecified atom stereocenters. The van der Waals surface area contributed by atoms with Crippen LogP contribution in [0.15, 0.2) is 64.4 Å². The lowest BCUT2D eigenvalue weighted by Crippen LogP contribution is -2.51. The molecule has 268 valence electrons. The highest BCUT2D eigenvalue weighted by Crippen LogP contribution is 2.39. The third kappa shape index (κ3) is 7.17. The molecular weight excluding hydrogens is 655 g/mol. The largest absolute Gasteiger partial charge is 0.429 e. The minimum Gasteiger partial charge on any atom is -0.354 e. The summed E-state index contributed by atoms with van der Waals surface area (Å²) < 4.78 is 3.30. The van der Waals surface area contributed by atoms with E-state index in [9.17, 15) is 19.2 Å². The Labute approximate surface area is 304 Å². The van der Waals surface area contributed by atoms with Gasteiger partial charge in [-0.1, -0.05) is 84.8 Å². The first-order valence-corrected chi connectivity index (χ1v) is 19.5. The molecule has 0 atom stereocenters. The van der Waals surface area contributed by atoms with Crippen LogP contribution < -0.4 is 15.4 Å². The summed E-state index contributed by atoms with van der Waals surface area (Å²) in [4.78, 5) is 59.0. The first-order chi connectivity index (χ1) is 24.2. The smallest absolute Gasteiger partial charge is 0.354 e. The van der Waals surface area contributed by atoms with E-state index in [2.05, 4.69) is 59.1 Å². The number of hydrogen-bond acceptors (Lipinski definition) is 5. The van der Waals surface area contributed by atoms with E-state index in [4.69, 9.17) is 0 Å². The number of unbranched alkanes of at least 4 members (excludes halogenated alkanes) is 6. The Morgan fingerprint density at radius 3 is 1.78 bits per heavy atom. The van der Waals surface area contributed by atoms with Gasteiger partial charge >= 0.3 is 11.1 Å². The van der Waals surface area contributed by atoms with Crippen LogP contribution in [0, 0.1) is 5.36 Å². The highest BCUT2D eigenvalue weighted by Gasteiger charge is 2.35. The molecule has 1 aliphatic rings. The second-order valence-electron chi connectivity index (χ2n) is 16.3. The number of hydrogen-bond donors (Lipinski definition) is 0. The monoisotopic (exact) mass is 706 g/mol. The van der Waals surface area contributed by atoms with Crippen molar-refractivity contribution < 1.29 is 13.8 Å². The Morgan fingerprint density at radius 2 is 1.22 bits per heavy atom. The van der Waals surface area contributed by atoms with Crippen molar-refractivity contribution >= 4 is 44.7 Å². The lowest BCUT2D eigenvalue weighted by molar-refractivity contribution is -0.539. The van der Waals surface area contributed by atoms with Crippen LogP contribution in [0.3, 0.4) is 0 Å². The summed E-state index contributed by atoms with van der Waals surface area (Å²) in [5.41, 5.74) is 1.66. The number of aryl methyl sites for hydroxylation is 2. The molecule has 51 heavy (non-hydrogen) atoms. The molecule has 7 nitrogen and oxygen atoms in total. The molecule has 2 amide bonds. The van der Waals surface area contributed by atoms with Gasteiger partial charge in [0.1, 0.15) is 10.8 Å². The Balaban J connectivity index is 1.18. The highest BCUT2D eigenvalue weighted by molar-refractivity contribution is 7.12. The van der Waals surface area contributed by atoms with E-state index in [-0.39, 0.29) is 22.6 Å². The number of thiophene rings is 1. The zero-order valence-electron chi connectivity index (χ0n) is 31.4. The fourth-order valence-electron chi connectivity index (χ4n) is 7.39. The minimum atomic E-state index is -0.453. The summed E-state index contributed by atoms with van der Waals surface area (Å²) in [6, 6.07) is 12.6. The Morgan fingerprint density at radius 1 is 0.647 bits per heavy atom. The summed E-state index contributed by atoms with van der Waals surface area (Å²) in [6.45, 7) is 17.1. The van der Waals surface area contributed by atoms with Gasteiger partial charge in [0, 0.05) is 69.3 Å². The van der Waals surface area contributed by atoms with E-state index in [1.165, 1.54) is 37.3 Å². The maximum Gasteiger partial charge on any atom is 0.429 e. The molecule has 0 spiro atoms. The second-order valence-corrected chi connectivity index (χ2v) is 17.3. The van der Waals surface area contributed by atoms with Crippen LogP contribution in [-0.4, -0.2) is 27.8 Å². The molecule has 0 N–H and O–H groups in total. The highest BCUT2D eigenvalue weighted by atomic mass is 32.1. The SMILES string of the molecule is CCCCCCN1C(=O)c2ccc3c(=O)[n+](=c4ccn(CCCCCCc5cc(C(C)(C)C)sc5C(C)(C)C)cc4)c(=O)c4ccc(c2c34)C1=O. The molecule has 0 fully saturated rings. The number of carbonyl (C=O) groups is 2. The number of aromatic nitrogens is 2. The van der Waals surface area contributed by atoms with Gasteiger partial charge in [0.2, 0.25) is 5.36 Å². The van der Waals surface area contributed by atoms with Crippen molar-refractivity contribution in [1.29, 1.82) is 0 Å². The van der Waals surface area contributed by atoms with Crippen LogP contribution in [0.2, 0.25) is 0 Å². The van der Waals surface area contributed by atoms with Gasteiger partial charge in [0.25, 0.3) is 11.8 Å². The molecule has 0 bridgehead atoms. The fourth-order valence-corrected chi connectivity index (χ4v) is 8.71. The van der Waals surface area contributed by atoms with E-state index >= 15 is 0 Å². The van der Waals surface area contributed by atoms with Crippen molar-refractivity contribution in [2.75, 3.05) is 6.54 Å². The Hall–Kier alpha value is -4.17. The predicted molar refractivity (Wildman–Crippen MR) is 207 cm³/mol.